The molecule has 1 fully saturated rings. The summed E-state index contributed by atoms with van der Waals surface area (Å²) in [6.45, 7) is 0.813. The number of nitrogens with zero attached hydrogens (tertiary/aromatic N) is 3. The van der Waals surface area contributed by atoms with Crippen molar-refractivity contribution in [1.29, 1.82) is 0 Å². The maximum absolute atomic E-state index is 6.01. The number of pyridine rings is 1. The van der Waals surface area contributed by atoms with Crippen molar-refractivity contribution in [1.82, 2.24) is 14.8 Å². The first kappa shape index (κ1) is 16.4. The number of anilines is 1. The molecule has 0 radical (unpaired) electrons. The molecule has 0 saturated carbocycles. The van der Waals surface area contributed by atoms with Gasteiger partial charge in [-0.2, -0.15) is 5.10 Å². The van der Waals surface area contributed by atoms with E-state index in [1.807, 2.05) is 16.9 Å². The molecule has 1 atom stereocenters. The van der Waals surface area contributed by atoms with Crippen molar-refractivity contribution in [2.75, 3.05) is 12.3 Å². The average molecular weight is 357 g/mol. The molecule has 1 aromatic carbocycles. The Morgan fingerprint density at radius 1 is 1.20 bits per heavy atom. The molecule has 0 amide bonds. The van der Waals surface area contributed by atoms with E-state index in [1.165, 1.54) is 17.4 Å². The van der Waals surface area contributed by atoms with Gasteiger partial charge in [-0.1, -0.05) is 23.7 Å². The summed E-state index contributed by atoms with van der Waals surface area (Å²) in [6, 6.07) is 8.19. The van der Waals surface area contributed by atoms with Gasteiger partial charge in [-0.25, -0.2) is 9.67 Å². The predicted molar refractivity (Wildman–Crippen MR) is 99.6 cm³/mol. The third-order valence-corrected chi connectivity index (χ3v) is 5.02. The topological polar surface area (TPSA) is 66.0 Å². The molecule has 1 aliphatic heterocycles. The first-order valence-electron chi connectivity index (χ1n) is 8.69. The SMILES string of the molecule is Nc1cnc(Cl)cc1CCc1cccc2c1cnn2C1CCCCO1. The van der Waals surface area contributed by atoms with E-state index >= 15 is 0 Å². The van der Waals surface area contributed by atoms with Crippen molar-refractivity contribution in [2.45, 2.75) is 38.3 Å². The van der Waals surface area contributed by atoms with E-state index in [2.05, 4.69) is 28.3 Å². The van der Waals surface area contributed by atoms with Gasteiger partial charge in [-0.3, -0.25) is 0 Å². The van der Waals surface area contributed by atoms with Crippen LogP contribution in [0.5, 0.6) is 0 Å². The van der Waals surface area contributed by atoms with Crippen LogP contribution in [0.25, 0.3) is 10.9 Å². The molecule has 6 heteroatoms. The molecule has 25 heavy (non-hydrogen) atoms. The van der Waals surface area contributed by atoms with E-state index in [0.717, 1.165) is 43.4 Å². The Kier molecular flexibility index (Phi) is 4.59. The number of aryl methyl sites for hydroxylation is 2. The smallest absolute Gasteiger partial charge is 0.150 e. The molecule has 4 rings (SSSR count). The van der Waals surface area contributed by atoms with Crippen LogP contribution in [-0.2, 0) is 17.6 Å². The predicted octanol–water partition coefficient (Wildman–Crippen LogP) is 4.15. The Balaban J connectivity index is 1.60. The summed E-state index contributed by atoms with van der Waals surface area (Å²) in [4.78, 5) is 4.01. The fraction of sp³-hybridized carbons (Fsp3) is 0.368. The summed E-state index contributed by atoms with van der Waals surface area (Å²) in [6.07, 6.45) is 8.66. The molecular weight excluding hydrogens is 336 g/mol. The van der Waals surface area contributed by atoms with Gasteiger partial charge in [0.1, 0.15) is 5.15 Å². The Labute approximate surface area is 151 Å². The Morgan fingerprint density at radius 2 is 2.08 bits per heavy atom. The number of rotatable bonds is 4. The van der Waals surface area contributed by atoms with Crippen LogP contribution in [0.2, 0.25) is 5.15 Å². The summed E-state index contributed by atoms with van der Waals surface area (Å²) in [5.74, 6) is 0. The summed E-state index contributed by atoms with van der Waals surface area (Å²) < 4.78 is 7.91. The van der Waals surface area contributed by atoms with Gasteiger partial charge in [0.15, 0.2) is 6.23 Å². The van der Waals surface area contributed by atoms with Gasteiger partial charge in [0, 0.05) is 12.0 Å². The van der Waals surface area contributed by atoms with Crippen LogP contribution in [0.4, 0.5) is 5.69 Å². The standard InChI is InChI=1S/C19H21ClN4O/c20-18-10-14(16(21)12-22-18)8-7-13-4-3-5-17-15(13)11-23-24(17)19-6-1-2-9-25-19/h3-5,10-12,19H,1-2,6-9,21H2. The first-order chi connectivity index (χ1) is 12.2. The van der Waals surface area contributed by atoms with Crippen molar-refractivity contribution in [3.05, 3.63) is 52.9 Å². The quantitative estimate of drug-likeness (QED) is 0.713. The number of nitrogens with two attached hydrogens (primary N) is 1. The Hall–Kier alpha value is -2.11. The van der Waals surface area contributed by atoms with Crippen molar-refractivity contribution in [2.24, 2.45) is 0 Å². The molecule has 1 aliphatic rings. The van der Waals surface area contributed by atoms with Crippen molar-refractivity contribution < 1.29 is 4.74 Å². The molecule has 5 nitrogen and oxygen atoms in total. The van der Waals surface area contributed by atoms with E-state index < -0.39 is 0 Å². The van der Waals surface area contributed by atoms with Gasteiger partial charge < -0.3 is 10.5 Å². The lowest BCUT2D eigenvalue weighted by Crippen LogP contribution is -2.18. The summed E-state index contributed by atoms with van der Waals surface area (Å²) in [5, 5.41) is 6.26. The van der Waals surface area contributed by atoms with Gasteiger partial charge in [-0.15, -0.1) is 0 Å². The fourth-order valence-electron chi connectivity index (χ4n) is 3.46. The molecule has 130 valence electrons. The van der Waals surface area contributed by atoms with Crippen LogP contribution in [0.1, 0.15) is 36.6 Å². The molecule has 2 N–H and O–H groups in total. The van der Waals surface area contributed by atoms with Crippen molar-refractivity contribution in [3.63, 3.8) is 0 Å². The monoisotopic (exact) mass is 356 g/mol. The van der Waals surface area contributed by atoms with Gasteiger partial charge >= 0.3 is 0 Å². The summed E-state index contributed by atoms with van der Waals surface area (Å²) in [7, 11) is 0. The van der Waals surface area contributed by atoms with E-state index in [-0.39, 0.29) is 6.23 Å². The lowest BCUT2D eigenvalue weighted by Gasteiger charge is -2.23. The van der Waals surface area contributed by atoms with Crippen molar-refractivity contribution >= 4 is 28.2 Å². The minimum Gasteiger partial charge on any atom is -0.397 e. The molecule has 2 aromatic heterocycles. The Bertz CT molecular complexity index is 886. The van der Waals surface area contributed by atoms with Crippen LogP contribution in [0.3, 0.4) is 0 Å². The highest BCUT2D eigenvalue weighted by Gasteiger charge is 2.19. The van der Waals surface area contributed by atoms with Crippen LogP contribution >= 0.6 is 11.6 Å². The number of nitrogen functional groups attached to an aromatic ring is 1. The molecular formula is C19H21ClN4O. The first-order valence-corrected chi connectivity index (χ1v) is 9.07. The minimum atomic E-state index is 0.0520. The molecule has 1 saturated heterocycles. The number of hydrogen-bond acceptors (Lipinski definition) is 4. The van der Waals surface area contributed by atoms with E-state index in [4.69, 9.17) is 22.1 Å². The number of hydrogen-bond donors (Lipinski definition) is 1. The third kappa shape index (κ3) is 3.34. The highest BCUT2D eigenvalue weighted by molar-refractivity contribution is 6.29. The molecule has 3 aromatic rings. The van der Waals surface area contributed by atoms with Crippen LogP contribution < -0.4 is 5.73 Å². The van der Waals surface area contributed by atoms with Gasteiger partial charge in [0.25, 0.3) is 0 Å². The molecule has 1 unspecified atom stereocenters. The number of halogens is 1. The number of aromatic nitrogens is 3. The number of ether oxygens (including phenoxy) is 1. The minimum absolute atomic E-state index is 0.0520. The average Bonchev–Trinajstić information content (AvgIpc) is 3.08. The second-order valence-corrected chi connectivity index (χ2v) is 6.85. The zero-order valence-electron chi connectivity index (χ0n) is 14.0. The van der Waals surface area contributed by atoms with E-state index in [0.29, 0.717) is 10.8 Å². The van der Waals surface area contributed by atoms with Gasteiger partial charge in [-0.05, 0) is 55.4 Å². The highest BCUT2D eigenvalue weighted by Crippen LogP contribution is 2.28. The lowest BCUT2D eigenvalue weighted by atomic mass is 10.0. The Morgan fingerprint density at radius 3 is 2.92 bits per heavy atom. The van der Waals surface area contributed by atoms with E-state index in [1.54, 1.807) is 6.20 Å². The van der Waals surface area contributed by atoms with E-state index in [9.17, 15) is 0 Å². The van der Waals surface area contributed by atoms with Crippen LogP contribution in [0, 0.1) is 0 Å². The molecule has 0 bridgehead atoms. The summed E-state index contributed by atoms with van der Waals surface area (Å²) in [5.41, 5.74) is 10.1. The van der Waals surface area contributed by atoms with Crippen LogP contribution in [0.15, 0.2) is 36.7 Å². The molecule has 0 aliphatic carbocycles. The fourth-order valence-corrected chi connectivity index (χ4v) is 3.64. The second kappa shape index (κ2) is 7.02. The van der Waals surface area contributed by atoms with Crippen molar-refractivity contribution in [3.8, 4) is 0 Å². The summed E-state index contributed by atoms with van der Waals surface area (Å²) >= 11 is 5.99. The van der Waals surface area contributed by atoms with Gasteiger partial charge in [0.05, 0.1) is 23.6 Å². The third-order valence-electron chi connectivity index (χ3n) is 4.81. The molecule has 3 heterocycles. The maximum Gasteiger partial charge on any atom is 0.150 e. The normalized spacial score (nSPS) is 17.9. The lowest BCUT2D eigenvalue weighted by molar-refractivity contribution is -0.0366. The van der Waals surface area contributed by atoms with Crippen LogP contribution in [-0.4, -0.2) is 21.4 Å². The van der Waals surface area contributed by atoms with Gasteiger partial charge in [0.2, 0.25) is 0 Å². The largest absolute Gasteiger partial charge is 0.397 e. The highest BCUT2D eigenvalue weighted by atomic mass is 35.5. The second-order valence-electron chi connectivity index (χ2n) is 6.47. The number of fused-ring (bicyclic) bond motifs is 1. The zero-order chi connectivity index (χ0) is 17.2. The molecule has 0 spiro atoms. The number of benzene rings is 1. The zero-order valence-corrected chi connectivity index (χ0v) is 14.7. The maximum atomic E-state index is 6.01.